The number of hydrogen-bond acceptors (Lipinski definition) is 7. The minimum Gasteiger partial charge on any atom is -0.392 e. The third-order valence-corrected chi connectivity index (χ3v) is 10.5. The lowest BCUT2D eigenvalue weighted by Crippen LogP contribution is -2.48. The molecule has 1 N–H and O–H groups in total. The van der Waals surface area contributed by atoms with Gasteiger partial charge in [-0.25, -0.2) is 26.2 Å². The van der Waals surface area contributed by atoms with E-state index in [1.54, 1.807) is 72.8 Å². The molecule has 3 aromatic heterocycles. The summed E-state index contributed by atoms with van der Waals surface area (Å²) in [5, 5.41) is 14.7. The molecule has 252 valence electrons. The molecule has 1 atom stereocenters. The smallest absolute Gasteiger partial charge is 0.269 e. The molecule has 1 unspecified atom stereocenters. The van der Waals surface area contributed by atoms with Crippen molar-refractivity contribution in [1.29, 1.82) is 0 Å². The van der Waals surface area contributed by atoms with Gasteiger partial charge in [-0.3, -0.25) is 9.58 Å². The maximum absolute atomic E-state index is 15.6. The van der Waals surface area contributed by atoms with Crippen LogP contribution < -0.4 is 4.90 Å². The first-order valence-electron chi connectivity index (χ1n) is 16.1. The van der Waals surface area contributed by atoms with Crippen molar-refractivity contribution in [3.63, 3.8) is 0 Å². The van der Waals surface area contributed by atoms with Crippen LogP contribution in [0, 0.1) is 18.6 Å². The molecular weight excluding hydrogens is 647 g/mol. The van der Waals surface area contributed by atoms with Crippen LogP contribution in [0.25, 0.3) is 33.3 Å². The van der Waals surface area contributed by atoms with Crippen molar-refractivity contribution in [2.75, 3.05) is 37.6 Å². The molecule has 1 saturated heterocycles. The lowest BCUT2D eigenvalue weighted by Gasteiger charge is -2.36. The molecule has 0 spiro atoms. The number of benzene rings is 3. The highest BCUT2D eigenvalue weighted by molar-refractivity contribution is 7.90. The summed E-state index contributed by atoms with van der Waals surface area (Å²) < 4.78 is 60.2. The zero-order valence-electron chi connectivity index (χ0n) is 27.2. The van der Waals surface area contributed by atoms with Crippen LogP contribution in [0.4, 0.5) is 14.5 Å². The van der Waals surface area contributed by atoms with Crippen LogP contribution >= 0.6 is 0 Å². The van der Waals surface area contributed by atoms with Crippen LogP contribution in [0.15, 0.2) is 102 Å². The van der Waals surface area contributed by atoms with Crippen molar-refractivity contribution in [3.8, 4) is 22.3 Å². The van der Waals surface area contributed by atoms with E-state index in [0.29, 0.717) is 59.5 Å². The van der Waals surface area contributed by atoms with Crippen molar-refractivity contribution in [1.82, 2.24) is 23.6 Å². The van der Waals surface area contributed by atoms with Gasteiger partial charge in [-0.15, -0.1) is 0 Å². The largest absolute Gasteiger partial charge is 0.392 e. The van der Waals surface area contributed by atoms with E-state index >= 15 is 4.39 Å². The van der Waals surface area contributed by atoms with E-state index < -0.39 is 16.1 Å². The van der Waals surface area contributed by atoms with Crippen molar-refractivity contribution in [2.45, 2.75) is 31.4 Å². The molecule has 9 nitrogen and oxygen atoms in total. The summed E-state index contributed by atoms with van der Waals surface area (Å²) >= 11 is 0. The molecule has 1 aliphatic heterocycles. The highest BCUT2D eigenvalue weighted by atomic mass is 32.2. The van der Waals surface area contributed by atoms with E-state index in [9.17, 15) is 17.9 Å². The molecule has 0 bridgehead atoms. The number of pyridine rings is 1. The van der Waals surface area contributed by atoms with Gasteiger partial charge in [0.1, 0.15) is 11.6 Å². The van der Waals surface area contributed by atoms with Crippen LogP contribution in [0.3, 0.4) is 0 Å². The number of anilines is 1. The van der Waals surface area contributed by atoms with Crippen LogP contribution in [-0.2, 0) is 16.6 Å². The lowest BCUT2D eigenvalue weighted by atomic mass is 10.0. The van der Waals surface area contributed by atoms with E-state index in [1.165, 1.54) is 22.2 Å². The Morgan fingerprint density at radius 3 is 2.37 bits per heavy atom. The minimum atomic E-state index is -4.03. The topological polar surface area (TPSA) is 96.5 Å². The van der Waals surface area contributed by atoms with Crippen molar-refractivity contribution in [2.24, 2.45) is 0 Å². The molecular formula is C37H36F2N6O3S. The molecule has 49 heavy (non-hydrogen) atoms. The molecule has 3 aromatic carbocycles. The molecule has 6 aromatic rings. The molecule has 0 radical (unpaired) electrons. The quantitative estimate of drug-likeness (QED) is 0.202. The van der Waals surface area contributed by atoms with Crippen LogP contribution in [0.2, 0.25) is 0 Å². The summed E-state index contributed by atoms with van der Waals surface area (Å²) in [5.41, 5.74) is 4.86. The number of hydrogen-bond donors (Lipinski definition) is 1. The molecule has 4 heterocycles. The first kappa shape index (κ1) is 32.6. The molecule has 0 aliphatic carbocycles. The second kappa shape index (κ2) is 13.2. The first-order chi connectivity index (χ1) is 23.5. The van der Waals surface area contributed by atoms with Crippen molar-refractivity contribution in [3.05, 3.63) is 120 Å². The Kier molecular flexibility index (Phi) is 8.78. The van der Waals surface area contributed by atoms with E-state index in [-0.39, 0.29) is 22.2 Å². The van der Waals surface area contributed by atoms with Crippen LogP contribution in [0.1, 0.15) is 18.1 Å². The number of aliphatic hydroxyl groups excluding tert-OH is 1. The zero-order valence-corrected chi connectivity index (χ0v) is 28.0. The van der Waals surface area contributed by atoms with E-state index in [2.05, 4.69) is 15.0 Å². The fraction of sp³-hybridized carbons (Fsp3) is 0.243. The summed E-state index contributed by atoms with van der Waals surface area (Å²) in [7, 11) is -4.03. The van der Waals surface area contributed by atoms with E-state index in [4.69, 9.17) is 0 Å². The number of rotatable bonds is 9. The molecule has 12 heteroatoms. The van der Waals surface area contributed by atoms with Gasteiger partial charge in [0.05, 0.1) is 29.4 Å². The fourth-order valence-corrected chi connectivity index (χ4v) is 7.70. The third kappa shape index (κ3) is 6.71. The Balaban J connectivity index is 1.26. The SMILES string of the molecule is Cc1ccc(S(=O)(=O)n2cc(-c3cnn(Cc4cccc(F)c4)c3)c3cc(-c4ccc(N5CCN(CC(C)O)CC5)c(F)c4)cnc32)cc1. The van der Waals surface area contributed by atoms with Crippen molar-refractivity contribution >= 4 is 26.7 Å². The third-order valence-electron chi connectivity index (χ3n) is 8.88. The Morgan fingerprint density at radius 1 is 0.878 bits per heavy atom. The van der Waals surface area contributed by atoms with Gasteiger partial charge >= 0.3 is 0 Å². The number of nitrogens with zero attached hydrogens (tertiary/aromatic N) is 6. The summed E-state index contributed by atoms with van der Waals surface area (Å²) in [6, 6.07) is 19.8. The Morgan fingerprint density at radius 2 is 1.65 bits per heavy atom. The predicted molar refractivity (Wildman–Crippen MR) is 186 cm³/mol. The summed E-state index contributed by atoms with van der Waals surface area (Å²) in [5.74, 6) is -0.701. The molecule has 1 aliphatic rings. The zero-order chi connectivity index (χ0) is 34.3. The predicted octanol–water partition coefficient (Wildman–Crippen LogP) is 5.94. The highest BCUT2D eigenvalue weighted by Crippen LogP contribution is 2.36. The summed E-state index contributed by atoms with van der Waals surface area (Å²) in [4.78, 5) is 8.93. The molecule has 0 amide bonds. The molecule has 1 fully saturated rings. The lowest BCUT2D eigenvalue weighted by molar-refractivity contribution is 0.122. The standard InChI is InChI=1S/C37H36F2N6O3S/c1-25-6-9-32(10-7-25)49(47,48)45-24-34(30-20-41-44(23-30)22-27-4-3-5-31(38)16-27)33-17-29(19-40-37(33)45)28-8-11-36(35(39)18-28)43-14-12-42(13-15-43)21-26(2)46/h3-11,16-20,23-24,26,46H,12-15,21-22H2,1-2H3. The first-order valence-corrected chi connectivity index (χ1v) is 17.5. The normalized spacial score (nSPS) is 14.8. The fourth-order valence-electron chi connectivity index (χ4n) is 6.37. The van der Waals surface area contributed by atoms with Gasteiger partial charge in [-0.2, -0.15) is 5.10 Å². The second-order valence-electron chi connectivity index (χ2n) is 12.6. The highest BCUT2D eigenvalue weighted by Gasteiger charge is 2.25. The van der Waals surface area contributed by atoms with E-state index in [0.717, 1.165) is 24.2 Å². The summed E-state index contributed by atoms with van der Waals surface area (Å²) in [6.45, 7) is 7.33. The minimum absolute atomic E-state index is 0.124. The van der Waals surface area contributed by atoms with Gasteiger partial charge in [0.25, 0.3) is 10.0 Å². The van der Waals surface area contributed by atoms with Gasteiger partial charge in [0.15, 0.2) is 5.65 Å². The summed E-state index contributed by atoms with van der Waals surface area (Å²) in [6.07, 6.45) is 6.11. The van der Waals surface area contributed by atoms with Gasteiger partial charge in [-0.1, -0.05) is 35.9 Å². The number of aromatic nitrogens is 4. The van der Waals surface area contributed by atoms with Gasteiger partial charge in [0, 0.05) is 73.4 Å². The average molecular weight is 683 g/mol. The monoisotopic (exact) mass is 682 g/mol. The number of β-amino-alcohol motifs (C(OH)–C–C–N with tert-alkyl or cyclic N) is 1. The molecule has 7 rings (SSSR count). The van der Waals surface area contributed by atoms with Crippen LogP contribution in [0.5, 0.6) is 0 Å². The van der Waals surface area contributed by atoms with E-state index in [1.807, 2.05) is 30.0 Å². The average Bonchev–Trinajstić information content (AvgIpc) is 3.70. The maximum atomic E-state index is 15.6. The maximum Gasteiger partial charge on any atom is 0.269 e. The van der Waals surface area contributed by atoms with Gasteiger partial charge in [0.2, 0.25) is 0 Å². The van der Waals surface area contributed by atoms with Gasteiger partial charge < -0.3 is 10.0 Å². The number of halogens is 2. The Bertz CT molecular complexity index is 2240. The second-order valence-corrected chi connectivity index (χ2v) is 14.4. The molecule has 0 saturated carbocycles. The number of fused-ring (bicyclic) bond motifs is 1. The Labute approximate surface area is 283 Å². The number of aryl methyl sites for hydroxylation is 1. The van der Waals surface area contributed by atoms with Crippen molar-refractivity contribution < 1.29 is 22.3 Å². The number of aliphatic hydroxyl groups is 1. The van der Waals surface area contributed by atoms with Crippen LogP contribution in [-0.4, -0.2) is 76.0 Å². The van der Waals surface area contributed by atoms with Gasteiger partial charge in [-0.05, 0) is 67.4 Å². The Hall–Kier alpha value is -4.91. The number of piperazine rings is 1.